The first-order chi connectivity index (χ1) is 6.54. The minimum Gasteiger partial charge on any atom is -0.307 e. The van der Waals surface area contributed by atoms with Crippen LogP contribution in [0.5, 0.6) is 0 Å². The van der Waals surface area contributed by atoms with Gasteiger partial charge < -0.3 is 5.32 Å². The molecule has 0 heterocycles. The molecule has 0 saturated carbocycles. The largest absolute Gasteiger partial charge is 0.319 e. The predicted molar refractivity (Wildman–Crippen MR) is 48.1 cm³/mol. The topological polar surface area (TPSA) is 46.2 Å². The zero-order chi connectivity index (χ0) is 12.3. The zero-order valence-corrected chi connectivity index (χ0v) is 9.12. The summed E-state index contributed by atoms with van der Waals surface area (Å²) in [6.45, 7) is 0.101. The molecular formula is C7H13F4NO2S. The van der Waals surface area contributed by atoms with E-state index in [4.69, 9.17) is 0 Å². The molecule has 1 N–H and O–H groups in total. The summed E-state index contributed by atoms with van der Waals surface area (Å²) in [5.74, 6) is -4.50. The van der Waals surface area contributed by atoms with Gasteiger partial charge in [-0.05, 0) is 6.92 Å². The van der Waals surface area contributed by atoms with Gasteiger partial charge in [0.05, 0.1) is 12.3 Å². The van der Waals surface area contributed by atoms with Crippen molar-refractivity contribution in [3.63, 3.8) is 0 Å². The minimum atomic E-state index is -4.13. The molecule has 15 heavy (non-hydrogen) atoms. The monoisotopic (exact) mass is 251 g/mol. The van der Waals surface area contributed by atoms with Crippen molar-refractivity contribution in [2.24, 2.45) is 0 Å². The smallest absolute Gasteiger partial charge is 0.307 e. The first-order valence-electron chi connectivity index (χ1n) is 4.11. The van der Waals surface area contributed by atoms with E-state index in [1.807, 2.05) is 0 Å². The summed E-state index contributed by atoms with van der Waals surface area (Å²) in [5, 5.41) is 2.05. The molecule has 8 heteroatoms. The van der Waals surface area contributed by atoms with E-state index in [2.05, 4.69) is 5.32 Å². The summed E-state index contributed by atoms with van der Waals surface area (Å²) >= 11 is 0. The lowest BCUT2D eigenvalue weighted by molar-refractivity contribution is -0.125. The molecule has 0 rings (SSSR count). The standard InChI is InChI=1S/C7H13F4NO2S/c1-5(3-15(2,13)14)12-4-7(10,11)6(8)9/h5-6,12H,3-4H2,1-2H3. The number of nitrogens with one attached hydrogen (secondary N) is 1. The van der Waals surface area contributed by atoms with E-state index in [1.165, 1.54) is 6.92 Å². The summed E-state index contributed by atoms with van der Waals surface area (Å²) < 4.78 is 69.6. The van der Waals surface area contributed by atoms with Crippen LogP contribution in [0.3, 0.4) is 0 Å². The van der Waals surface area contributed by atoms with Crippen LogP contribution >= 0.6 is 0 Å². The molecule has 0 saturated heterocycles. The van der Waals surface area contributed by atoms with Crippen molar-refractivity contribution < 1.29 is 26.0 Å². The molecular weight excluding hydrogens is 238 g/mol. The van der Waals surface area contributed by atoms with Gasteiger partial charge in [0, 0.05) is 12.3 Å². The fraction of sp³-hybridized carbons (Fsp3) is 1.00. The molecule has 3 nitrogen and oxygen atoms in total. The third kappa shape index (κ3) is 6.67. The van der Waals surface area contributed by atoms with Gasteiger partial charge in [-0.15, -0.1) is 0 Å². The van der Waals surface area contributed by atoms with E-state index in [9.17, 15) is 26.0 Å². The van der Waals surface area contributed by atoms with Crippen molar-refractivity contribution in [3.8, 4) is 0 Å². The van der Waals surface area contributed by atoms with Gasteiger partial charge in [0.2, 0.25) is 0 Å². The third-order valence-electron chi connectivity index (χ3n) is 1.56. The molecule has 0 aromatic carbocycles. The second-order valence-corrected chi connectivity index (χ2v) is 5.62. The van der Waals surface area contributed by atoms with Crippen molar-refractivity contribution in [2.45, 2.75) is 25.3 Å². The molecule has 1 atom stereocenters. The average Bonchev–Trinajstić information content (AvgIpc) is 1.97. The summed E-state index contributed by atoms with van der Waals surface area (Å²) in [4.78, 5) is 0. The molecule has 0 spiro atoms. The molecule has 92 valence electrons. The number of halogens is 4. The van der Waals surface area contributed by atoms with E-state index < -0.39 is 34.8 Å². The quantitative estimate of drug-likeness (QED) is 0.714. The highest BCUT2D eigenvalue weighted by Gasteiger charge is 2.40. The Kier molecular flexibility index (Phi) is 4.98. The molecule has 0 radical (unpaired) electrons. The molecule has 0 fully saturated rings. The number of hydrogen-bond donors (Lipinski definition) is 1. The summed E-state index contributed by atoms with van der Waals surface area (Å²) in [6.07, 6.45) is -2.81. The second kappa shape index (κ2) is 5.11. The molecule has 0 aliphatic rings. The Morgan fingerprint density at radius 3 is 2.13 bits per heavy atom. The molecule has 0 aliphatic carbocycles. The fourth-order valence-corrected chi connectivity index (χ4v) is 1.93. The number of rotatable bonds is 6. The Morgan fingerprint density at radius 1 is 1.33 bits per heavy atom. The van der Waals surface area contributed by atoms with Crippen molar-refractivity contribution in [3.05, 3.63) is 0 Å². The van der Waals surface area contributed by atoms with E-state index in [0.29, 0.717) is 0 Å². The van der Waals surface area contributed by atoms with E-state index in [1.54, 1.807) is 0 Å². The van der Waals surface area contributed by atoms with Gasteiger partial charge in [0.1, 0.15) is 9.84 Å². The van der Waals surface area contributed by atoms with Crippen LogP contribution in [-0.2, 0) is 9.84 Å². The van der Waals surface area contributed by atoms with Crippen LogP contribution in [0.15, 0.2) is 0 Å². The van der Waals surface area contributed by atoms with E-state index in [-0.39, 0.29) is 5.75 Å². The molecule has 0 bridgehead atoms. The Morgan fingerprint density at radius 2 is 1.80 bits per heavy atom. The van der Waals surface area contributed by atoms with E-state index in [0.717, 1.165) is 6.26 Å². The fourth-order valence-electron chi connectivity index (χ4n) is 0.901. The molecule has 0 aliphatic heterocycles. The Hall–Kier alpha value is -0.370. The van der Waals surface area contributed by atoms with Crippen LogP contribution in [0.25, 0.3) is 0 Å². The Labute approximate surface area is 85.8 Å². The van der Waals surface area contributed by atoms with Gasteiger partial charge in [-0.2, -0.15) is 8.78 Å². The third-order valence-corrected chi connectivity index (χ3v) is 2.66. The van der Waals surface area contributed by atoms with Gasteiger partial charge >= 0.3 is 12.3 Å². The summed E-state index contributed by atoms with van der Waals surface area (Å²) in [7, 11) is -3.31. The average molecular weight is 251 g/mol. The highest BCUT2D eigenvalue weighted by Crippen LogP contribution is 2.21. The Balaban J connectivity index is 4.07. The van der Waals surface area contributed by atoms with Crippen molar-refractivity contribution >= 4 is 9.84 Å². The maximum atomic E-state index is 12.4. The first kappa shape index (κ1) is 14.6. The van der Waals surface area contributed by atoms with Crippen molar-refractivity contribution in [1.29, 1.82) is 0 Å². The van der Waals surface area contributed by atoms with Gasteiger partial charge in [-0.3, -0.25) is 0 Å². The lowest BCUT2D eigenvalue weighted by Crippen LogP contribution is -2.44. The normalized spacial score (nSPS) is 15.7. The zero-order valence-electron chi connectivity index (χ0n) is 8.31. The van der Waals surface area contributed by atoms with Crippen LogP contribution in [0, 0.1) is 0 Å². The van der Waals surface area contributed by atoms with Crippen LogP contribution in [-0.4, -0.2) is 45.4 Å². The number of alkyl halides is 4. The van der Waals surface area contributed by atoms with Crippen LogP contribution in [0.1, 0.15) is 6.92 Å². The van der Waals surface area contributed by atoms with Crippen LogP contribution < -0.4 is 5.32 Å². The summed E-state index contributed by atoms with van der Waals surface area (Å²) in [6, 6.07) is -0.787. The van der Waals surface area contributed by atoms with Crippen molar-refractivity contribution in [1.82, 2.24) is 5.32 Å². The van der Waals surface area contributed by atoms with Crippen LogP contribution in [0.2, 0.25) is 0 Å². The van der Waals surface area contributed by atoms with Gasteiger partial charge in [0.25, 0.3) is 0 Å². The maximum Gasteiger partial charge on any atom is 0.319 e. The lowest BCUT2D eigenvalue weighted by atomic mass is 10.3. The number of hydrogen-bond acceptors (Lipinski definition) is 3. The molecule has 0 aromatic heterocycles. The minimum absolute atomic E-state index is 0.369. The SMILES string of the molecule is CC(CS(C)(=O)=O)NCC(F)(F)C(F)F. The van der Waals surface area contributed by atoms with Gasteiger partial charge in [-0.25, -0.2) is 17.2 Å². The molecule has 0 amide bonds. The predicted octanol–water partition coefficient (Wildman–Crippen LogP) is 0.910. The highest BCUT2D eigenvalue weighted by atomic mass is 32.2. The highest BCUT2D eigenvalue weighted by molar-refractivity contribution is 7.90. The lowest BCUT2D eigenvalue weighted by Gasteiger charge is -2.19. The second-order valence-electron chi connectivity index (χ2n) is 3.44. The molecule has 0 aromatic rings. The summed E-state index contributed by atoms with van der Waals surface area (Å²) in [5.41, 5.74) is 0. The van der Waals surface area contributed by atoms with Crippen LogP contribution in [0.4, 0.5) is 17.6 Å². The Bertz CT molecular complexity index is 291. The van der Waals surface area contributed by atoms with E-state index >= 15 is 0 Å². The molecule has 1 unspecified atom stereocenters. The van der Waals surface area contributed by atoms with Gasteiger partial charge in [0.15, 0.2) is 0 Å². The number of sulfone groups is 1. The maximum absolute atomic E-state index is 12.4. The van der Waals surface area contributed by atoms with Crippen molar-refractivity contribution in [2.75, 3.05) is 18.6 Å². The first-order valence-corrected chi connectivity index (χ1v) is 6.18. The van der Waals surface area contributed by atoms with Gasteiger partial charge in [-0.1, -0.05) is 0 Å².